The molecule has 3 aromatic rings. The van der Waals surface area contributed by atoms with Gasteiger partial charge in [-0.3, -0.25) is 4.79 Å². The average molecular weight is 400 g/mol. The third-order valence-corrected chi connectivity index (χ3v) is 4.27. The van der Waals surface area contributed by atoms with Gasteiger partial charge in [0.25, 0.3) is 5.91 Å². The number of ether oxygens (including phenoxy) is 2. The van der Waals surface area contributed by atoms with Gasteiger partial charge in [0.1, 0.15) is 12.4 Å². The minimum Gasteiger partial charge on any atom is -0.489 e. The fourth-order valence-corrected chi connectivity index (χ4v) is 2.58. The van der Waals surface area contributed by atoms with Crippen LogP contribution in [0.4, 0.5) is 5.69 Å². The zero-order valence-corrected chi connectivity index (χ0v) is 16.4. The molecule has 0 aliphatic heterocycles. The van der Waals surface area contributed by atoms with Crippen LogP contribution in [0.3, 0.4) is 0 Å². The van der Waals surface area contributed by atoms with E-state index in [4.69, 9.17) is 14.7 Å². The maximum Gasteiger partial charge on any atom is 0.338 e. The molecule has 6 nitrogen and oxygen atoms in total. The standard InChI is InChI=1S/C24H20N2O4/c1-17(23(27)26-21-11-7-18(15-25)8-12-21)30-24(28)20-9-13-22(14-10-20)29-16-19-5-3-2-4-6-19/h2-14,17H,16H2,1H3,(H,26,27)/t17-/m0/s1. The van der Waals surface area contributed by atoms with Crippen molar-refractivity contribution < 1.29 is 19.1 Å². The van der Waals surface area contributed by atoms with Gasteiger partial charge in [-0.15, -0.1) is 0 Å². The van der Waals surface area contributed by atoms with E-state index in [1.807, 2.05) is 36.4 Å². The van der Waals surface area contributed by atoms with Gasteiger partial charge in [0.15, 0.2) is 6.10 Å². The van der Waals surface area contributed by atoms with Crippen LogP contribution in [0.5, 0.6) is 5.75 Å². The van der Waals surface area contributed by atoms with Crippen molar-refractivity contribution >= 4 is 17.6 Å². The number of hydrogen-bond acceptors (Lipinski definition) is 5. The molecule has 30 heavy (non-hydrogen) atoms. The van der Waals surface area contributed by atoms with E-state index in [9.17, 15) is 9.59 Å². The number of amides is 1. The quantitative estimate of drug-likeness (QED) is 0.597. The third-order valence-electron chi connectivity index (χ3n) is 4.27. The number of rotatable bonds is 7. The average Bonchev–Trinajstić information content (AvgIpc) is 2.79. The fraction of sp³-hybridized carbons (Fsp3) is 0.125. The molecule has 1 N–H and O–H groups in total. The van der Waals surface area contributed by atoms with Gasteiger partial charge in [0.05, 0.1) is 17.2 Å². The summed E-state index contributed by atoms with van der Waals surface area (Å²) >= 11 is 0. The molecule has 0 spiro atoms. The monoisotopic (exact) mass is 400 g/mol. The Kier molecular flexibility index (Phi) is 6.80. The Morgan fingerprint density at radius 3 is 2.27 bits per heavy atom. The first-order chi connectivity index (χ1) is 14.5. The molecule has 0 bridgehead atoms. The second-order valence-corrected chi connectivity index (χ2v) is 6.52. The summed E-state index contributed by atoms with van der Waals surface area (Å²) in [5.74, 6) is -0.440. The molecule has 0 saturated carbocycles. The van der Waals surface area contributed by atoms with Crippen LogP contribution >= 0.6 is 0 Å². The summed E-state index contributed by atoms with van der Waals surface area (Å²) in [5.41, 5.74) is 2.37. The third kappa shape index (κ3) is 5.69. The van der Waals surface area contributed by atoms with Crippen LogP contribution in [-0.2, 0) is 16.1 Å². The Bertz CT molecular complexity index is 1040. The van der Waals surface area contributed by atoms with Gasteiger partial charge >= 0.3 is 5.97 Å². The highest BCUT2D eigenvalue weighted by molar-refractivity contribution is 5.97. The summed E-state index contributed by atoms with van der Waals surface area (Å²) < 4.78 is 10.9. The van der Waals surface area contributed by atoms with Crippen molar-refractivity contribution in [3.05, 3.63) is 95.6 Å². The van der Waals surface area contributed by atoms with Gasteiger partial charge in [0.2, 0.25) is 0 Å². The van der Waals surface area contributed by atoms with Crippen molar-refractivity contribution in [3.8, 4) is 11.8 Å². The van der Waals surface area contributed by atoms with Crippen molar-refractivity contribution in [2.75, 3.05) is 5.32 Å². The van der Waals surface area contributed by atoms with Crippen molar-refractivity contribution in [3.63, 3.8) is 0 Å². The molecule has 0 unspecified atom stereocenters. The second kappa shape index (κ2) is 9.89. The molecular formula is C24H20N2O4. The molecule has 6 heteroatoms. The maximum atomic E-state index is 12.3. The maximum absolute atomic E-state index is 12.3. The van der Waals surface area contributed by atoms with Gasteiger partial charge < -0.3 is 14.8 Å². The summed E-state index contributed by atoms with van der Waals surface area (Å²) in [4.78, 5) is 24.5. The van der Waals surface area contributed by atoms with Crippen LogP contribution in [-0.4, -0.2) is 18.0 Å². The van der Waals surface area contributed by atoms with E-state index in [0.29, 0.717) is 29.2 Å². The summed E-state index contributed by atoms with van der Waals surface area (Å²) in [6, 6.07) is 24.7. The van der Waals surface area contributed by atoms with E-state index in [0.717, 1.165) is 5.56 Å². The van der Waals surface area contributed by atoms with Crippen molar-refractivity contribution in [1.82, 2.24) is 0 Å². The number of carbonyl (C=O) groups is 2. The summed E-state index contributed by atoms with van der Waals surface area (Å²) in [6.45, 7) is 1.92. The lowest BCUT2D eigenvalue weighted by Crippen LogP contribution is -2.30. The van der Waals surface area contributed by atoms with Crippen LogP contribution in [0.2, 0.25) is 0 Å². The Balaban J connectivity index is 1.51. The van der Waals surface area contributed by atoms with E-state index in [2.05, 4.69) is 5.32 Å². The van der Waals surface area contributed by atoms with Crippen molar-refractivity contribution in [2.45, 2.75) is 19.6 Å². The molecule has 1 amide bonds. The van der Waals surface area contributed by atoms with Crippen molar-refractivity contribution in [1.29, 1.82) is 5.26 Å². The first kappa shape index (κ1) is 20.6. The van der Waals surface area contributed by atoms with E-state index in [1.165, 1.54) is 6.92 Å². The van der Waals surface area contributed by atoms with Gasteiger partial charge in [-0.05, 0) is 61.0 Å². The zero-order valence-electron chi connectivity index (χ0n) is 16.4. The smallest absolute Gasteiger partial charge is 0.338 e. The predicted octanol–water partition coefficient (Wildman–Crippen LogP) is 4.32. The minimum atomic E-state index is -0.984. The Morgan fingerprint density at radius 1 is 0.967 bits per heavy atom. The van der Waals surface area contributed by atoms with Crippen LogP contribution in [0.1, 0.15) is 28.4 Å². The van der Waals surface area contributed by atoms with Gasteiger partial charge in [-0.25, -0.2) is 4.79 Å². The Labute approximate surface area is 174 Å². The molecule has 0 fully saturated rings. The second-order valence-electron chi connectivity index (χ2n) is 6.52. The lowest BCUT2D eigenvalue weighted by atomic mass is 10.2. The minimum absolute atomic E-state index is 0.320. The van der Waals surface area contributed by atoms with Gasteiger partial charge in [-0.1, -0.05) is 30.3 Å². The fourth-order valence-electron chi connectivity index (χ4n) is 2.58. The number of hydrogen-bond donors (Lipinski definition) is 1. The lowest BCUT2D eigenvalue weighted by molar-refractivity contribution is -0.123. The molecular weight excluding hydrogens is 380 g/mol. The van der Waals surface area contributed by atoms with E-state index >= 15 is 0 Å². The highest BCUT2D eigenvalue weighted by atomic mass is 16.5. The summed E-state index contributed by atoms with van der Waals surface area (Å²) in [6.07, 6.45) is -0.984. The predicted molar refractivity (Wildman–Crippen MR) is 112 cm³/mol. The highest BCUT2D eigenvalue weighted by Crippen LogP contribution is 2.16. The van der Waals surface area contributed by atoms with Crippen LogP contribution in [0, 0.1) is 11.3 Å². The number of esters is 1. The molecule has 3 rings (SSSR count). The Hall–Kier alpha value is -4.11. The lowest BCUT2D eigenvalue weighted by Gasteiger charge is -2.14. The first-order valence-electron chi connectivity index (χ1n) is 9.34. The molecule has 0 heterocycles. The van der Waals surface area contributed by atoms with Gasteiger partial charge in [0, 0.05) is 5.69 Å². The van der Waals surface area contributed by atoms with Crippen LogP contribution in [0.15, 0.2) is 78.9 Å². The zero-order chi connectivity index (χ0) is 21.3. The SMILES string of the molecule is C[C@H](OC(=O)c1ccc(OCc2ccccc2)cc1)C(=O)Nc1ccc(C#N)cc1. The number of benzene rings is 3. The molecule has 0 saturated heterocycles. The van der Waals surface area contributed by atoms with Crippen LogP contribution in [0.25, 0.3) is 0 Å². The first-order valence-corrected chi connectivity index (χ1v) is 9.34. The highest BCUT2D eigenvalue weighted by Gasteiger charge is 2.19. The summed E-state index contributed by atoms with van der Waals surface area (Å²) in [7, 11) is 0. The van der Waals surface area contributed by atoms with E-state index in [1.54, 1.807) is 48.5 Å². The number of carbonyl (C=O) groups excluding carboxylic acids is 2. The molecule has 0 aromatic heterocycles. The van der Waals surface area contributed by atoms with E-state index < -0.39 is 18.0 Å². The number of anilines is 1. The number of nitriles is 1. The molecule has 0 aliphatic carbocycles. The molecule has 1 atom stereocenters. The van der Waals surface area contributed by atoms with E-state index in [-0.39, 0.29) is 0 Å². The molecule has 3 aromatic carbocycles. The topological polar surface area (TPSA) is 88.4 Å². The van der Waals surface area contributed by atoms with Crippen molar-refractivity contribution in [2.24, 2.45) is 0 Å². The number of nitrogens with one attached hydrogen (secondary N) is 1. The molecule has 0 aliphatic rings. The normalized spacial score (nSPS) is 11.1. The Morgan fingerprint density at radius 2 is 1.63 bits per heavy atom. The van der Waals surface area contributed by atoms with Gasteiger partial charge in [-0.2, -0.15) is 5.26 Å². The largest absolute Gasteiger partial charge is 0.489 e. The van der Waals surface area contributed by atoms with Crippen LogP contribution < -0.4 is 10.1 Å². The molecule has 0 radical (unpaired) electrons. The summed E-state index contributed by atoms with van der Waals surface area (Å²) in [5, 5.41) is 11.4. The number of nitrogens with zero attached hydrogens (tertiary/aromatic N) is 1. The molecule has 150 valence electrons.